The number of anilines is 3. The fourth-order valence-corrected chi connectivity index (χ4v) is 8.02. The van der Waals surface area contributed by atoms with Crippen LogP contribution in [0.1, 0.15) is 74.7 Å². The van der Waals surface area contributed by atoms with Gasteiger partial charge in [-0.2, -0.15) is 0 Å². The third-order valence-corrected chi connectivity index (χ3v) is 11.8. The van der Waals surface area contributed by atoms with Crippen LogP contribution < -0.4 is 42.3 Å². The Kier molecular flexibility index (Phi) is 10.8. The number of Topliss-reactive ketones (excluding diaryl/α,β-unsaturated/α-hetero) is 1. The Balaban J connectivity index is 1.32. The number of hydrogen-bond donors (Lipinski definition) is 4. The van der Waals surface area contributed by atoms with Crippen molar-refractivity contribution in [1.29, 1.82) is 0 Å². The summed E-state index contributed by atoms with van der Waals surface area (Å²) in [6, 6.07) is 5.09. The van der Waals surface area contributed by atoms with E-state index in [0.717, 1.165) is 18.5 Å². The van der Waals surface area contributed by atoms with E-state index in [-0.39, 0.29) is 41.1 Å². The highest BCUT2D eigenvalue weighted by molar-refractivity contribution is 6.37. The van der Waals surface area contributed by atoms with E-state index < -0.39 is 75.4 Å². The van der Waals surface area contributed by atoms with E-state index >= 15 is 0 Å². The van der Waals surface area contributed by atoms with E-state index in [4.69, 9.17) is 5.73 Å². The Bertz CT molecular complexity index is 1870. The molecule has 54 heavy (non-hydrogen) atoms. The highest BCUT2D eigenvalue weighted by atomic mass is 16.2. The zero-order chi connectivity index (χ0) is 40.2. The number of hydrogen-bond acceptors (Lipinski definition) is 9. The molecule has 1 heterocycles. The van der Waals surface area contributed by atoms with Crippen LogP contribution in [0.3, 0.4) is 0 Å². The normalized spacial score (nSPS) is 22.0. The van der Waals surface area contributed by atoms with Gasteiger partial charge in [-0.1, -0.05) is 86.4 Å². The van der Waals surface area contributed by atoms with Crippen LogP contribution in [0.25, 0.3) is 0 Å². The largest absolute Gasteiger partial charge is 0.367 e. The van der Waals surface area contributed by atoms with Gasteiger partial charge in [-0.3, -0.25) is 28.8 Å². The van der Waals surface area contributed by atoms with Crippen LogP contribution in [-0.4, -0.2) is 85.8 Å². The molecule has 5 amide bonds. The summed E-state index contributed by atoms with van der Waals surface area (Å²) in [5.41, 5.74) is 3.91. The Morgan fingerprint density at radius 2 is 1.48 bits per heavy atom. The van der Waals surface area contributed by atoms with Gasteiger partial charge in [0.1, 0.15) is 23.5 Å². The van der Waals surface area contributed by atoms with E-state index in [1.807, 2.05) is 85.7 Å². The molecule has 0 bridgehead atoms. The van der Waals surface area contributed by atoms with Crippen molar-refractivity contribution in [2.24, 2.45) is 39.7 Å². The fraction of sp³-hybridized carbons (Fsp3) is 0.625. The number of piperidine rings is 1. The van der Waals surface area contributed by atoms with Crippen molar-refractivity contribution in [3.63, 3.8) is 0 Å². The summed E-state index contributed by atoms with van der Waals surface area (Å²) in [5.74, 6) is -2.80. The lowest BCUT2D eigenvalue weighted by Gasteiger charge is -2.39. The third-order valence-electron chi connectivity index (χ3n) is 11.8. The number of primary amides is 1. The van der Waals surface area contributed by atoms with Crippen LogP contribution in [0.4, 0.5) is 21.9 Å². The zero-order valence-corrected chi connectivity index (χ0v) is 33.2. The van der Waals surface area contributed by atoms with Crippen molar-refractivity contribution in [3.05, 3.63) is 50.8 Å². The van der Waals surface area contributed by atoms with Gasteiger partial charge in [-0.15, -0.1) is 0 Å². The maximum Gasteiger partial charge on any atom is 0.315 e. The summed E-state index contributed by atoms with van der Waals surface area (Å²) < 4.78 is 0. The first-order valence-electron chi connectivity index (χ1n) is 18.8. The second kappa shape index (κ2) is 14.5. The molecule has 1 unspecified atom stereocenters. The van der Waals surface area contributed by atoms with Crippen LogP contribution in [0.5, 0.6) is 0 Å². The molecule has 0 aromatic heterocycles. The average molecular weight is 748 g/mol. The third kappa shape index (κ3) is 8.02. The Hall–Kier alpha value is -4.75. The number of likely N-dealkylation sites (N-methyl/N-ethyl adjacent to an activating group) is 1. The van der Waals surface area contributed by atoms with E-state index in [2.05, 4.69) is 16.0 Å². The second-order valence-corrected chi connectivity index (χ2v) is 18.3. The van der Waals surface area contributed by atoms with Gasteiger partial charge in [0.2, 0.25) is 17.6 Å². The quantitative estimate of drug-likeness (QED) is 0.210. The zero-order valence-electron chi connectivity index (χ0n) is 33.2. The number of carbonyl (C=O) groups excluding carboxylic acids is 5. The van der Waals surface area contributed by atoms with E-state index in [9.17, 15) is 33.6 Å². The van der Waals surface area contributed by atoms with Crippen LogP contribution >= 0.6 is 0 Å². The second-order valence-electron chi connectivity index (χ2n) is 18.3. The minimum atomic E-state index is -1.11. The van der Waals surface area contributed by atoms with Gasteiger partial charge in [0.15, 0.2) is 0 Å². The van der Waals surface area contributed by atoms with Crippen LogP contribution in [0, 0.1) is 34.0 Å². The summed E-state index contributed by atoms with van der Waals surface area (Å²) in [6.45, 7) is 15.9. The lowest BCUT2D eigenvalue weighted by atomic mass is 9.84. The lowest BCUT2D eigenvalue weighted by molar-refractivity contribution is -0.145. The summed E-state index contributed by atoms with van der Waals surface area (Å²) >= 11 is 0. The SMILES string of the molecule is CN(C[C@@H](NC(=O)N[C@H](C(=O)N1C[C@H]2[C@@H]([C@H]1C(=O)NC(CC1CC1)C(=O)C(N)=O)C2(C)C)C(C)(C)C)C(C)(C)C)c1c(N(C)c2ccccc2)c(=O)c1=O. The number of benzene rings is 1. The topological polar surface area (TPSA) is 191 Å². The maximum atomic E-state index is 14.5. The molecule has 294 valence electrons. The molecule has 2 aromatic rings. The molecule has 3 fully saturated rings. The predicted molar refractivity (Wildman–Crippen MR) is 207 cm³/mol. The van der Waals surface area contributed by atoms with Gasteiger partial charge < -0.3 is 36.4 Å². The number of nitrogens with two attached hydrogens (primary N) is 1. The van der Waals surface area contributed by atoms with Crippen molar-refractivity contribution < 1.29 is 24.0 Å². The molecule has 2 saturated carbocycles. The monoisotopic (exact) mass is 747 g/mol. The fourth-order valence-electron chi connectivity index (χ4n) is 8.02. The van der Waals surface area contributed by atoms with Crippen LogP contribution in [0.2, 0.25) is 0 Å². The first kappa shape index (κ1) is 40.4. The number of ketones is 1. The number of rotatable bonds is 14. The smallest absolute Gasteiger partial charge is 0.315 e. The molecule has 6 atom stereocenters. The lowest BCUT2D eigenvalue weighted by Crippen LogP contribution is -2.62. The van der Waals surface area contributed by atoms with Crippen molar-refractivity contribution in [3.8, 4) is 0 Å². The van der Waals surface area contributed by atoms with Gasteiger partial charge in [0.25, 0.3) is 16.8 Å². The first-order valence-corrected chi connectivity index (χ1v) is 18.8. The number of nitrogens with zero attached hydrogens (tertiary/aromatic N) is 3. The molecule has 14 nitrogen and oxygen atoms in total. The minimum Gasteiger partial charge on any atom is -0.367 e. The van der Waals surface area contributed by atoms with Crippen LogP contribution in [0.15, 0.2) is 39.9 Å². The Labute approximate surface area is 317 Å². The maximum absolute atomic E-state index is 14.5. The molecule has 2 aliphatic carbocycles. The van der Waals surface area contributed by atoms with Gasteiger partial charge >= 0.3 is 6.03 Å². The first-order chi connectivity index (χ1) is 25.0. The van der Waals surface area contributed by atoms with Gasteiger partial charge in [0, 0.05) is 32.9 Å². The predicted octanol–water partition coefficient (Wildman–Crippen LogP) is 2.44. The standard InChI is InChI=1S/C40H57N7O7/c1-38(2,3)25(20-45(9)28-29(32(50)31(28)49)46(10)22-14-12-11-13-15-22)43-37(54)44-33(39(4,5)6)36(53)47-19-23-26(40(23,7)8)27(47)35(52)42-24(18-21-16-17-21)30(48)34(41)51/h11-15,21,23-27,33H,16-20H2,1-10H3,(H2,41,51)(H,42,52)(H2,43,44,54)/t23-,24?,25+,26-,27-,33+/m0/s1. The van der Waals surface area contributed by atoms with Crippen molar-refractivity contribution in [2.75, 3.05) is 37.0 Å². The molecule has 1 aliphatic heterocycles. The highest BCUT2D eigenvalue weighted by Crippen LogP contribution is 2.65. The van der Waals surface area contributed by atoms with Crippen LogP contribution in [-0.2, 0) is 19.2 Å². The summed E-state index contributed by atoms with van der Waals surface area (Å²) in [7, 11) is 3.43. The summed E-state index contributed by atoms with van der Waals surface area (Å²) in [6.07, 6.45) is 2.12. The minimum absolute atomic E-state index is 0.0439. The van der Waals surface area contributed by atoms with Gasteiger partial charge in [-0.05, 0) is 52.6 Å². The number of para-hydroxylation sites is 1. The molecule has 0 radical (unpaired) electrons. The molecule has 3 aliphatic rings. The van der Waals surface area contributed by atoms with Crippen molar-refractivity contribution in [1.82, 2.24) is 20.9 Å². The average Bonchev–Trinajstić information content (AvgIpc) is 3.94. The molecule has 5 rings (SSSR count). The van der Waals surface area contributed by atoms with Crippen molar-refractivity contribution >= 4 is 46.6 Å². The Morgan fingerprint density at radius 3 is 2.02 bits per heavy atom. The number of likely N-dealkylation sites (tertiary alicyclic amines) is 1. The highest BCUT2D eigenvalue weighted by Gasteiger charge is 2.70. The summed E-state index contributed by atoms with van der Waals surface area (Å²) in [4.78, 5) is 97.4. The number of nitrogens with one attached hydrogen (secondary N) is 3. The summed E-state index contributed by atoms with van der Waals surface area (Å²) in [5, 5.41) is 8.70. The molecule has 14 heteroatoms. The van der Waals surface area contributed by atoms with Gasteiger partial charge in [0.05, 0.1) is 12.1 Å². The van der Waals surface area contributed by atoms with Gasteiger partial charge in [-0.25, -0.2) is 4.79 Å². The number of amides is 5. The number of carbonyl (C=O) groups is 5. The van der Waals surface area contributed by atoms with Crippen molar-refractivity contribution in [2.45, 2.75) is 98.8 Å². The number of fused-ring (bicyclic) bond motifs is 1. The molecular weight excluding hydrogens is 690 g/mol. The van der Waals surface area contributed by atoms with E-state index in [0.29, 0.717) is 13.0 Å². The molecule has 1 saturated heterocycles. The molecule has 2 aromatic carbocycles. The van der Waals surface area contributed by atoms with E-state index in [1.165, 1.54) is 4.90 Å². The molecule has 5 N–H and O–H groups in total. The molecular formula is C40H57N7O7. The number of urea groups is 1. The van der Waals surface area contributed by atoms with E-state index in [1.54, 1.807) is 23.9 Å². The Morgan fingerprint density at radius 1 is 0.889 bits per heavy atom. The molecule has 0 spiro atoms.